The number of amides is 2. The maximum atomic E-state index is 10.8. The second kappa shape index (κ2) is 2.65. The van der Waals surface area contributed by atoms with E-state index in [9.17, 15) is 4.79 Å². The number of rotatable bonds is 0. The summed E-state index contributed by atoms with van der Waals surface area (Å²) in [5, 5.41) is 1.14. The smallest absolute Gasteiger partial charge is 0.348 e. The Balaban J connectivity index is 2.30. The van der Waals surface area contributed by atoms with E-state index in [4.69, 9.17) is 10.6 Å². The highest BCUT2D eigenvalue weighted by Crippen LogP contribution is 2.28. The molecule has 13 heavy (non-hydrogen) atoms. The molecule has 1 aliphatic rings. The SMILES string of the molecule is Cc1ccc2c(c1)CN(C(N)=O)O2. The molecule has 0 spiro atoms. The van der Waals surface area contributed by atoms with Gasteiger partial charge in [0.1, 0.15) is 0 Å². The number of primary amides is 1. The van der Waals surface area contributed by atoms with Crippen molar-refractivity contribution in [1.82, 2.24) is 5.06 Å². The summed E-state index contributed by atoms with van der Waals surface area (Å²) < 4.78 is 0. The molecule has 1 aromatic rings. The van der Waals surface area contributed by atoms with Gasteiger partial charge in [-0.2, -0.15) is 5.06 Å². The van der Waals surface area contributed by atoms with Gasteiger partial charge in [0.25, 0.3) is 0 Å². The van der Waals surface area contributed by atoms with Crippen molar-refractivity contribution < 1.29 is 9.63 Å². The van der Waals surface area contributed by atoms with Crippen molar-refractivity contribution in [2.45, 2.75) is 13.5 Å². The number of fused-ring (bicyclic) bond motifs is 1. The number of urea groups is 1. The Labute approximate surface area is 75.8 Å². The van der Waals surface area contributed by atoms with Gasteiger partial charge in [0, 0.05) is 5.56 Å². The lowest BCUT2D eigenvalue weighted by molar-refractivity contribution is 0.00794. The van der Waals surface area contributed by atoms with Crippen LogP contribution in [0.3, 0.4) is 0 Å². The minimum atomic E-state index is -0.561. The van der Waals surface area contributed by atoms with Crippen LogP contribution in [0.15, 0.2) is 18.2 Å². The monoisotopic (exact) mass is 178 g/mol. The molecular weight excluding hydrogens is 168 g/mol. The number of hydroxylamine groups is 2. The highest BCUT2D eigenvalue weighted by atomic mass is 16.7. The lowest BCUT2D eigenvalue weighted by Gasteiger charge is -2.09. The molecule has 0 aromatic heterocycles. The molecule has 2 amide bonds. The summed E-state index contributed by atoms with van der Waals surface area (Å²) in [6.45, 7) is 2.43. The van der Waals surface area contributed by atoms with Crippen molar-refractivity contribution in [1.29, 1.82) is 0 Å². The molecule has 1 aliphatic heterocycles. The van der Waals surface area contributed by atoms with Crippen molar-refractivity contribution >= 4 is 6.03 Å². The largest absolute Gasteiger partial charge is 0.375 e. The van der Waals surface area contributed by atoms with Gasteiger partial charge in [0.05, 0.1) is 6.54 Å². The summed E-state index contributed by atoms with van der Waals surface area (Å²) in [6.07, 6.45) is 0. The highest BCUT2D eigenvalue weighted by molar-refractivity contribution is 5.72. The van der Waals surface area contributed by atoms with Crippen LogP contribution in [0.5, 0.6) is 5.75 Å². The number of nitrogens with zero attached hydrogens (tertiary/aromatic N) is 1. The Morgan fingerprint density at radius 2 is 2.38 bits per heavy atom. The van der Waals surface area contributed by atoms with Crippen LogP contribution >= 0.6 is 0 Å². The number of benzene rings is 1. The number of hydrogen-bond acceptors (Lipinski definition) is 2. The molecule has 4 nitrogen and oxygen atoms in total. The Morgan fingerprint density at radius 3 is 3.08 bits per heavy atom. The van der Waals surface area contributed by atoms with Crippen molar-refractivity contribution in [3.63, 3.8) is 0 Å². The van der Waals surface area contributed by atoms with Gasteiger partial charge in [-0.15, -0.1) is 0 Å². The lowest BCUT2D eigenvalue weighted by atomic mass is 10.1. The van der Waals surface area contributed by atoms with Crippen LogP contribution in [-0.4, -0.2) is 11.1 Å². The standard InChI is InChI=1S/C9H10N2O2/c1-6-2-3-8-7(4-6)5-11(13-8)9(10)12/h2-4H,5H2,1H3,(H2,10,12). The summed E-state index contributed by atoms with van der Waals surface area (Å²) in [5.41, 5.74) is 7.22. The van der Waals surface area contributed by atoms with E-state index >= 15 is 0 Å². The molecule has 4 heteroatoms. The summed E-state index contributed by atoms with van der Waals surface area (Å²) in [6, 6.07) is 5.20. The molecule has 0 saturated heterocycles. The second-order valence-corrected chi connectivity index (χ2v) is 3.08. The van der Waals surface area contributed by atoms with Gasteiger partial charge in [-0.25, -0.2) is 4.79 Å². The van der Waals surface area contributed by atoms with Crippen LogP contribution in [0.1, 0.15) is 11.1 Å². The molecule has 0 fully saturated rings. The fraction of sp³-hybridized carbons (Fsp3) is 0.222. The molecule has 0 radical (unpaired) electrons. The van der Waals surface area contributed by atoms with E-state index in [0.29, 0.717) is 12.3 Å². The molecule has 1 aromatic carbocycles. The zero-order valence-corrected chi connectivity index (χ0v) is 7.28. The van der Waals surface area contributed by atoms with Gasteiger partial charge in [-0.3, -0.25) is 0 Å². The zero-order valence-electron chi connectivity index (χ0n) is 7.28. The lowest BCUT2D eigenvalue weighted by Crippen LogP contribution is -2.34. The van der Waals surface area contributed by atoms with E-state index < -0.39 is 6.03 Å². The van der Waals surface area contributed by atoms with Crippen molar-refractivity contribution in [2.75, 3.05) is 0 Å². The Morgan fingerprint density at radius 1 is 1.62 bits per heavy atom. The predicted molar refractivity (Wildman–Crippen MR) is 46.9 cm³/mol. The van der Waals surface area contributed by atoms with Crippen molar-refractivity contribution in [3.05, 3.63) is 29.3 Å². The third-order valence-electron chi connectivity index (χ3n) is 1.98. The maximum absolute atomic E-state index is 10.8. The number of hydrogen-bond donors (Lipinski definition) is 1. The van der Waals surface area contributed by atoms with Crippen LogP contribution in [0, 0.1) is 6.92 Å². The van der Waals surface area contributed by atoms with E-state index in [0.717, 1.165) is 16.2 Å². The molecule has 0 atom stereocenters. The van der Waals surface area contributed by atoms with E-state index in [-0.39, 0.29) is 0 Å². The summed E-state index contributed by atoms with van der Waals surface area (Å²) in [5.74, 6) is 0.712. The first-order valence-corrected chi connectivity index (χ1v) is 4.01. The Kier molecular flexibility index (Phi) is 1.62. The normalized spacial score (nSPS) is 13.8. The number of carbonyl (C=O) groups excluding carboxylic acids is 1. The molecule has 2 rings (SSSR count). The number of carbonyl (C=O) groups is 1. The van der Waals surface area contributed by atoms with Gasteiger partial charge in [0.15, 0.2) is 5.75 Å². The maximum Gasteiger partial charge on any atom is 0.348 e. The molecule has 0 aliphatic carbocycles. The van der Waals surface area contributed by atoms with Crippen molar-refractivity contribution in [2.24, 2.45) is 5.73 Å². The highest BCUT2D eigenvalue weighted by Gasteiger charge is 2.23. The predicted octanol–water partition coefficient (Wildman–Crippen LogP) is 1.18. The first-order chi connectivity index (χ1) is 6.16. The van der Waals surface area contributed by atoms with Gasteiger partial charge in [-0.1, -0.05) is 17.7 Å². The molecular formula is C9H10N2O2. The average Bonchev–Trinajstić information content (AvgIpc) is 2.46. The average molecular weight is 178 g/mol. The topological polar surface area (TPSA) is 55.6 Å². The zero-order chi connectivity index (χ0) is 9.42. The van der Waals surface area contributed by atoms with Crippen LogP contribution in [-0.2, 0) is 6.54 Å². The third kappa shape index (κ3) is 1.30. The van der Waals surface area contributed by atoms with Crippen molar-refractivity contribution in [3.8, 4) is 5.75 Å². The first kappa shape index (κ1) is 7.91. The van der Waals surface area contributed by atoms with Gasteiger partial charge in [0.2, 0.25) is 0 Å². The van der Waals surface area contributed by atoms with E-state index in [1.165, 1.54) is 0 Å². The Hall–Kier alpha value is -1.71. The minimum Gasteiger partial charge on any atom is -0.375 e. The summed E-state index contributed by atoms with van der Waals surface area (Å²) in [7, 11) is 0. The quantitative estimate of drug-likeness (QED) is 0.648. The van der Waals surface area contributed by atoms with Gasteiger partial charge in [-0.05, 0) is 13.0 Å². The van der Waals surface area contributed by atoms with Gasteiger partial charge < -0.3 is 10.6 Å². The third-order valence-corrected chi connectivity index (χ3v) is 1.98. The van der Waals surface area contributed by atoms with Crippen LogP contribution in [0.2, 0.25) is 0 Å². The summed E-state index contributed by atoms with van der Waals surface area (Å²) in [4.78, 5) is 16.0. The summed E-state index contributed by atoms with van der Waals surface area (Å²) >= 11 is 0. The minimum absolute atomic E-state index is 0.437. The fourth-order valence-electron chi connectivity index (χ4n) is 1.35. The number of nitrogens with two attached hydrogens (primary N) is 1. The van der Waals surface area contributed by atoms with E-state index in [2.05, 4.69) is 0 Å². The fourth-order valence-corrected chi connectivity index (χ4v) is 1.35. The van der Waals surface area contributed by atoms with Gasteiger partial charge >= 0.3 is 6.03 Å². The number of aryl methyl sites for hydroxylation is 1. The Bertz CT molecular complexity index is 363. The van der Waals surface area contributed by atoms with E-state index in [1.54, 1.807) is 0 Å². The van der Waals surface area contributed by atoms with Crippen LogP contribution < -0.4 is 10.6 Å². The van der Waals surface area contributed by atoms with Crippen LogP contribution in [0.4, 0.5) is 4.79 Å². The molecule has 1 heterocycles. The molecule has 0 unspecified atom stereocenters. The molecule has 2 N–H and O–H groups in total. The second-order valence-electron chi connectivity index (χ2n) is 3.08. The molecule has 0 bridgehead atoms. The van der Waals surface area contributed by atoms with E-state index in [1.807, 2.05) is 25.1 Å². The first-order valence-electron chi connectivity index (χ1n) is 4.01. The van der Waals surface area contributed by atoms with Crippen LogP contribution in [0.25, 0.3) is 0 Å². The molecule has 68 valence electrons. The molecule has 0 saturated carbocycles.